The molecule has 44 valence electrons. The van der Waals surface area contributed by atoms with Crippen molar-refractivity contribution in [1.29, 1.82) is 0 Å². The fourth-order valence-electron chi connectivity index (χ4n) is 0.258. The molecule has 0 bridgehead atoms. The van der Waals surface area contributed by atoms with Gasteiger partial charge in [-0.25, -0.2) is 0 Å². The van der Waals surface area contributed by atoms with Gasteiger partial charge in [0.1, 0.15) is 0 Å². The van der Waals surface area contributed by atoms with Gasteiger partial charge in [0.15, 0.2) is 0 Å². The maximum Gasteiger partial charge on any atom is 0.0154 e. The van der Waals surface area contributed by atoms with E-state index in [2.05, 4.69) is 11.5 Å². The summed E-state index contributed by atoms with van der Waals surface area (Å²) in [6.07, 6.45) is 1.88. The summed E-state index contributed by atoms with van der Waals surface area (Å²) < 4.78 is 0. The lowest BCUT2D eigenvalue weighted by molar-refractivity contribution is 0.457. The van der Waals surface area contributed by atoms with Crippen molar-refractivity contribution in [3.63, 3.8) is 0 Å². The first-order valence-corrected chi connectivity index (χ1v) is 2.03. The normalized spacial score (nSPS) is 7.86. The lowest BCUT2D eigenvalue weighted by Gasteiger charge is -2.01. The molecule has 0 unspecified atom stereocenters. The maximum absolute atomic E-state index is 3.56. The summed E-state index contributed by atoms with van der Waals surface area (Å²) in [6, 6.07) is 0. The highest BCUT2D eigenvalue weighted by Crippen LogP contribution is 1.69. The van der Waals surface area contributed by atoms with E-state index >= 15 is 0 Å². The SMILES string of the molecule is C=CCN(C)C.Cl. The van der Waals surface area contributed by atoms with Gasteiger partial charge in [-0.2, -0.15) is 0 Å². The molecule has 0 heterocycles. The van der Waals surface area contributed by atoms with Crippen molar-refractivity contribution in [3.8, 4) is 0 Å². The topological polar surface area (TPSA) is 3.24 Å². The van der Waals surface area contributed by atoms with Gasteiger partial charge in [-0.15, -0.1) is 19.0 Å². The van der Waals surface area contributed by atoms with E-state index in [0.717, 1.165) is 6.54 Å². The molecule has 0 spiro atoms. The van der Waals surface area contributed by atoms with Crippen molar-refractivity contribution >= 4 is 12.4 Å². The third-order valence-electron chi connectivity index (χ3n) is 0.494. The molecule has 0 aromatic carbocycles. The van der Waals surface area contributed by atoms with Crippen LogP contribution in [-0.2, 0) is 0 Å². The van der Waals surface area contributed by atoms with Crippen LogP contribution in [0.4, 0.5) is 0 Å². The van der Waals surface area contributed by atoms with Crippen LogP contribution in [0.3, 0.4) is 0 Å². The molecule has 0 aliphatic heterocycles. The number of likely N-dealkylation sites (N-methyl/N-ethyl adjacent to an activating group) is 1. The lowest BCUT2D eigenvalue weighted by atomic mass is 10.6. The van der Waals surface area contributed by atoms with E-state index < -0.39 is 0 Å². The van der Waals surface area contributed by atoms with Crippen molar-refractivity contribution < 1.29 is 0 Å². The number of nitrogens with zero attached hydrogens (tertiary/aromatic N) is 1. The van der Waals surface area contributed by atoms with Gasteiger partial charge in [0.25, 0.3) is 0 Å². The highest BCUT2D eigenvalue weighted by molar-refractivity contribution is 5.85. The second-order valence-corrected chi connectivity index (χ2v) is 1.55. The average Bonchev–Trinajstić information content (AvgIpc) is 1.35. The standard InChI is InChI=1S/C5H11N.ClH/c1-4-5-6(2)3;/h4H,1,5H2,2-3H3;1H. The summed E-state index contributed by atoms with van der Waals surface area (Å²) in [5, 5.41) is 0. The fourth-order valence-corrected chi connectivity index (χ4v) is 0.258. The Morgan fingerprint density at radius 2 is 2.00 bits per heavy atom. The second kappa shape index (κ2) is 5.99. The molecule has 0 amide bonds. The predicted molar refractivity (Wildman–Crippen MR) is 36.0 cm³/mol. The zero-order chi connectivity index (χ0) is 4.99. The van der Waals surface area contributed by atoms with Crippen LogP contribution in [0.25, 0.3) is 0 Å². The molecule has 0 aromatic heterocycles. The van der Waals surface area contributed by atoms with Crippen molar-refractivity contribution in [1.82, 2.24) is 4.90 Å². The first kappa shape index (κ1) is 10.1. The Labute approximate surface area is 51.4 Å². The van der Waals surface area contributed by atoms with Crippen molar-refractivity contribution in [2.24, 2.45) is 0 Å². The maximum atomic E-state index is 3.56. The smallest absolute Gasteiger partial charge is 0.0154 e. The third kappa shape index (κ3) is 10.7. The molecule has 0 saturated heterocycles. The Hall–Kier alpha value is -0.0100. The van der Waals surface area contributed by atoms with Crippen molar-refractivity contribution in [2.45, 2.75) is 0 Å². The van der Waals surface area contributed by atoms with E-state index in [1.165, 1.54) is 0 Å². The quantitative estimate of drug-likeness (QED) is 0.496. The minimum absolute atomic E-state index is 0. The average molecular weight is 122 g/mol. The number of rotatable bonds is 2. The van der Waals surface area contributed by atoms with E-state index in [4.69, 9.17) is 0 Å². The molecule has 0 rings (SSSR count). The number of hydrogen-bond acceptors (Lipinski definition) is 1. The van der Waals surface area contributed by atoms with Crippen LogP contribution in [0.15, 0.2) is 12.7 Å². The molecule has 0 aromatic rings. The molecule has 0 radical (unpaired) electrons. The monoisotopic (exact) mass is 121 g/mol. The summed E-state index contributed by atoms with van der Waals surface area (Å²) in [5.74, 6) is 0. The van der Waals surface area contributed by atoms with Gasteiger partial charge in [-0.05, 0) is 14.1 Å². The molecule has 0 aliphatic rings. The van der Waals surface area contributed by atoms with E-state index in [1.54, 1.807) is 0 Å². The van der Waals surface area contributed by atoms with Gasteiger partial charge >= 0.3 is 0 Å². The molecule has 0 N–H and O–H groups in total. The highest BCUT2D eigenvalue weighted by Gasteiger charge is 1.75. The van der Waals surface area contributed by atoms with Crippen molar-refractivity contribution in [2.75, 3.05) is 20.6 Å². The predicted octanol–water partition coefficient (Wildman–Crippen LogP) is 1.16. The molecule has 1 nitrogen and oxygen atoms in total. The van der Waals surface area contributed by atoms with Crippen LogP contribution in [0.5, 0.6) is 0 Å². The molecule has 0 fully saturated rings. The van der Waals surface area contributed by atoms with Gasteiger partial charge in [-0.3, -0.25) is 0 Å². The van der Waals surface area contributed by atoms with Crippen LogP contribution < -0.4 is 0 Å². The highest BCUT2D eigenvalue weighted by atomic mass is 35.5. The Kier molecular flexibility index (Phi) is 8.62. The molecular formula is C5H12ClN. The van der Waals surface area contributed by atoms with Crippen LogP contribution in [0.2, 0.25) is 0 Å². The van der Waals surface area contributed by atoms with E-state index in [-0.39, 0.29) is 12.4 Å². The largest absolute Gasteiger partial charge is 0.306 e. The van der Waals surface area contributed by atoms with Gasteiger partial charge in [0, 0.05) is 6.54 Å². The van der Waals surface area contributed by atoms with Crippen LogP contribution in [-0.4, -0.2) is 25.5 Å². The first-order chi connectivity index (χ1) is 2.77. The molecule has 0 saturated carbocycles. The summed E-state index contributed by atoms with van der Waals surface area (Å²) in [6.45, 7) is 4.53. The summed E-state index contributed by atoms with van der Waals surface area (Å²) in [4.78, 5) is 2.06. The van der Waals surface area contributed by atoms with Crippen LogP contribution >= 0.6 is 12.4 Å². The number of hydrogen-bond donors (Lipinski definition) is 0. The first-order valence-electron chi connectivity index (χ1n) is 2.03. The molecule has 0 aliphatic carbocycles. The Morgan fingerprint density at radius 3 is 2.00 bits per heavy atom. The zero-order valence-corrected chi connectivity index (χ0v) is 5.66. The minimum atomic E-state index is 0. The van der Waals surface area contributed by atoms with Crippen LogP contribution in [0.1, 0.15) is 0 Å². The Bertz CT molecular complexity index is 43.3. The minimum Gasteiger partial charge on any atom is -0.306 e. The molecule has 2 heteroatoms. The lowest BCUT2D eigenvalue weighted by Crippen LogP contribution is -2.09. The summed E-state index contributed by atoms with van der Waals surface area (Å²) in [7, 11) is 4.03. The van der Waals surface area contributed by atoms with E-state index in [9.17, 15) is 0 Å². The molecular weight excluding hydrogens is 110 g/mol. The number of halogens is 1. The van der Waals surface area contributed by atoms with Gasteiger partial charge in [0.2, 0.25) is 0 Å². The van der Waals surface area contributed by atoms with E-state index in [0.29, 0.717) is 0 Å². The zero-order valence-electron chi connectivity index (χ0n) is 4.85. The fraction of sp³-hybridized carbons (Fsp3) is 0.600. The van der Waals surface area contributed by atoms with E-state index in [1.807, 2.05) is 20.2 Å². The summed E-state index contributed by atoms with van der Waals surface area (Å²) >= 11 is 0. The second-order valence-electron chi connectivity index (χ2n) is 1.55. The Morgan fingerprint density at radius 1 is 1.57 bits per heavy atom. The van der Waals surface area contributed by atoms with Gasteiger partial charge < -0.3 is 4.90 Å². The Balaban J connectivity index is 0. The van der Waals surface area contributed by atoms with Gasteiger partial charge in [-0.1, -0.05) is 6.08 Å². The van der Waals surface area contributed by atoms with Gasteiger partial charge in [0.05, 0.1) is 0 Å². The van der Waals surface area contributed by atoms with Crippen LogP contribution in [0, 0.1) is 0 Å². The third-order valence-corrected chi connectivity index (χ3v) is 0.494. The summed E-state index contributed by atoms with van der Waals surface area (Å²) in [5.41, 5.74) is 0. The molecule has 7 heavy (non-hydrogen) atoms. The molecule has 0 atom stereocenters. The van der Waals surface area contributed by atoms with Crippen molar-refractivity contribution in [3.05, 3.63) is 12.7 Å².